The minimum atomic E-state index is -0.464. The maximum atomic E-state index is 13.4. The quantitative estimate of drug-likeness (QED) is 0.213. The van der Waals surface area contributed by atoms with Gasteiger partial charge in [-0.25, -0.2) is 4.39 Å². The molecule has 186 valence electrons. The summed E-state index contributed by atoms with van der Waals surface area (Å²) in [6.07, 6.45) is 4.70. The lowest BCUT2D eigenvalue weighted by Gasteiger charge is -2.31. The third kappa shape index (κ3) is 5.06. The maximum absolute atomic E-state index is 13.4. The molecule has 1 aliphatic carbocycles. The lowest BCUT2D eigenvalue weighted by Crippen LogP contribution is -2.35. The molecular weight excluding hydrogens is 463 g/mol. The Morgan fingerprint density at radius 1 is 1.25 bits per heavy atom. The molecule has 2 aliphatic rings. The largest absolute Gasteiger partial charge is 0.356 e. The second-order valence-electron chi connectivity index (χ2n) is 9.47. The van der Waals surface area contributed by atoms with Crippen LogP contribution in [0.15, 0.2) is 65.2 Å². The van der Waals surface area contributed by atoms with Crippen molar-refractivity contribution in [1.82, 2.24) is 15.4 Å². The van der Waals surface area contributed by atoms with Gasteiger partial charge in [-0.05, 0) is 50.2 Å². The Balaban J connectivity index is 1.08. The molecule has 2 aromatic carbocycles. The highest BCUT2D eigenvalue weighted by Crippen LogP contribution is 2.45. The van der Waals surface area contributed by atoms with Crippen molar-refractivity contribution in [1.29, 1.82) is 0 Å². The summed E-state index contributed by atoms with van der Waals surface area (Å²) in [6.45, 7) is 7.44. The Hall–Kier alpha value is -3.85. The van der Waals surface area contributed by atoms with Gasteiger partial charge >= 0.3 is 0 Å². The highest BCUT2D eigenvalue weighted by atomic mass is 19.1. The fourth-order valence-electron chi connectivity index (χ4n) is 5.08. The van der Waals surface area contributed by atoms with E-state index in [1.54, 1.807) is 24.3 Å². The molecule has 1 N–H and O–H groups in total. The van der Waals surface area contributed by atoms with Crippen molar-refractivity contribution >= 4 is 28.6 Å². The van der Waals surface area contributed by atoms with Crippen molar-refractivity contribution in [3.8, 4) is 0 Å². The first-order valence-electron chi connectivity index (χ1n) is 12.1. The third-order valence-electron chi connectivity index (χ3n) is 7.26. The van der Waals surface area contributed by atoms with E-state index in [1.165, 1.54) is 30.4 Å². The minimum absolute atomic E-state index is 0.0356. The number of nitrogens with zero attached hydrogens (tertiary/aromatic N) is 3. The van der Waals surface area contributed by atoms with Crippen LogP contribution < -0.4 is 5.32 Å². The van der Waals surface area contributed by atoms with Crippen LogP contribution in [0, 0.1) is 27.8 Å². The number of aromatic nitrogens is 1. The van der Waals surface area contributed by atoms with E-state index < -0.39 is 4.92 Å². The normalized spacial score (nSPS) is 20.8. The van der Waals surface area contributed by atoms with Gasteiger partial charge in [0.15, 0.2) is 5.58 Å². The van der Waals surface area contributed by atoms with Crippen molar-refractivity contribution in [2.24, 2.45) is 11.8 Å². The van der Waals surface area contributed by atoms with Crippen molar-refractivity contribution in [3.63, 3.8) is 0 Å². The van der Waals surface area contributed by atoms with E-state index in [9.17, 15) is 19.3 Å². The molecule has 2 heterocycles. The Bertz CT molecular complexity index is 1340. The van der Waals surface area contributed by atoms with Gasteiger partial charge in [0.25, 0.3) is 5.69 Å². The highest BCUT2D eigenvalue weighted by molar-refractivity contribution is 5.92. The first kappa shape index (κ1) is 23.9. The number of hydrogen-bond acceptors (Lipinski definition) is 6. The first-order valence-corrected chi connectivity index (χ1v) is 12.1. The van der Waals surface area contributed by atoms with Gasteiger partial charge in [0.05, 0.1) is 16.2 Å². The molecule has 0 bridgehead atoms. The molecule has 0 unspecified atom stereocenters. The summed E-state index contributed by atoms with van der Waals surface area (Å²) < 4.78 is 18.8. The molecule has 1 aliphatic heterocycles. The second-order valence-corrected chi connectivity index (χ2v) is 9.47. The van der Waals surface area contributed by atoms with Crippen LogP contribution in [0.5, 0.6) is 0 Å². The van der Waals surface area contributed by atoms with Crippen LogP contribution in [0.3, 0.4) is 0 Å². The number of nitrogens with one attached hydrogen (secondary N) is 1. The molecule has 36 heavy (non-hydrogen) atoms. The number of nitro benzene ring substituents is 1. The van der Waals surface area contributed by atoms with E-state index in [4.69, 9.17) is 4.52 Å². The van der Waals surface area contributed by atoms with Crippen LogP contribution in [-0.2, 0) is 4.79 Å². The summed E-state index contributed by atoms with van der Waals surface area (Å²) in [5, 5.41) is 19.1. The van der Waals surface area contributed by atoms with Crippen molar-refractivity contribution in [3.05, 3.63) is 87.9 Å². The maximum Gasteiger partial charge on any atom is 0.276 e. The van der Waals surface area contributed by atoms with Crippen molar-refractivity contribution in [2.45, 2.75) is 18.8 Å². The highest BCUT2D eigenvalue weighted by Gasteiger charge is 2.43. The number of nitro groups is 1. The molecule has 1 saturated heterocycles. The molecule has 3 aromatic rings. The molecule has 0 radical (unpaired) electrons. The fourth-order valence-corrected chi connectivity index (χ4v) is 5.08. The zero-order chi connectivity index (χ0) is 25.2. The Morgan fingerprint density at radius 3 is 2.81 bits per heavy atom. The van der Waals surface area contributed by atoms with E-state index in [0.717, 1.165) is 49.1 Å². The average molecular weight is 491 g/mol. The Morgan fingerprint density at radius 2 is 2.03 bits per heavy atom. The summed E-state index contributed by atoms with van der Waals surface area (Å²) >= 11 is 0. The van der Waals surface area contributed by atoms with E-state index in [0.29, 0.717) is 23.6 Å². The molecule has 1 saturated carbocycles. The molecule has 9 heteroatoms. The van der Waals surface area contributed by atoms with Crippen molar-refractivity contribution in [2.75, 3.05) is 26.2 Å². The molecule has 1 aromatic heterocycles. The van der Waals surface area contributed by atoms with Crippen LogP contribution in [0.1, 0.15) is 30.0 Å². The predicted molar refractivity (Wildman–Crippen MR) is 134 cm³/mol. The monoisotopic (exact) mass is 490 g/mol. The molecule has 0 spiro atoms. The molecule has 1 amide bonds. The van der Waals surface area contributed by atoms with E-state index >= 15 is 0 Å². The van der Waals surface area contributed by atoms with E-state index in [2.05, 4.69) is 22.0 Å². The van der Waals surface area contributed by atoms with Gasteiger partial charge in [-0.2, -0.15) is 0 Å². The molecule has 2 atom stereocenters. The number of piperidine rings is 1. The summed E-state index contributed by atoms with van der Waals surface area (Å²) in [5.41, 5.74) is 2.90. The van der Waals surface area contributed by atoms with Gasteiger partial charge in [-0.15, -0.1) is 0 Å². The van der Waals surface area contributed by atoms with Gasteiger partial charge < -0.3 is 14.7 Å². The number of fused-ring (bicyclic) bond motifs is 1. The van der Waals surface area contributed by atoms with E-state index in [1.807, 2.05) is 0 Å². The predicted octanol–water partition coefficient (Wildman–Crippen LogP) is 4.69. The minimum Gasteiger partial charge on any atom is -0.356 e. The number of para-hydroxylation sites is 1. The number of carbonyl (C=O) groups is 1. The number of benzene rings is 2. The smallest absolute Gasteiger partial charge is 0.276 e. The number of amides is 1. The van der Waals surface area contributed by atoms with Crippen LogP contribution >= 0.6 is 0 Å². The summed E-state index contributed by atoms with van der Waals surface area (Å²) in [6, 6.07) is 10.9. The lowest BCUT2D eigenvalue weighted by molar-refractivity contribution is -0.385. The number of likely N-dealkylation sites (tertiary alicyclic amines) is 1. The zero-order valence-corrected chi connectivity index (χ0v) is 19.7. The van der Waals surface area contributed by atoms with Crippen LogP contribution in [0.2, 0.25) is 0 Å². The number of rotatable bonds is 8. The standard InChI is InChI=1S/C27H27FN4O4/c1-17-22(15-29-26(33)9-6-18-4-2-3-5-24(18)32(34)35)23(17)16-31-12-10-19(11-13-31)27-21-8-7-20(28)14-25(21)36-30-27/h2-9,14,19,22-23H,1,10-13,15-16H2,(H,29,33)/t22-,23-/m0/s1. The number of hydrogen-bond donors (Lipinski definition) is 1. The second kappa shape index (κ2) is 10.0. The zero-order valence-electron chi connectivity index (χ0n) is 19.7. The van der Waals surface area contributed by atoms with Gasteiger partial charge in [0.1, 0.15) is 5.82 Å². The Kier molecular flexibility index (Phi) is 6.65. The summed E-state index contributed by atoms with van der Waals surface area (Å²) in [4.78, 5) is 25.3. The molecule has 2 fully saturated rings. The van der Waals surface area contributed by atoms with Crippen LogP contribution in [0.25, 0.3) is 17.0 Å². The topological polar surface area (TPSA) is 102 Å². The van der Waals surface area contributed by atoms with Crippen LogP contribution in [-0.4, -0.2) is 47.1 Å². The number of halogens is 1. The third-order valence-corrected chi connectivity index (χ3v) is 7.26. The average Bonchev–Trinajstić information content (AvgIpc) is 3.28. The number of carbonyl (C=O) groups excluding carboxylic acids is 1. The van der Waals surface area contributed by atoms with Crippen molar-refractivity contribution < 1.29 is 18.6 Å². The van der Waals surface area contributed by atoms with Gasteiger partial charge in [-0.3, -0.25) is 14.9 Å². The SMILES string of the molecule is C=C1[C@H](CNC(=O)C=Cc2ccccc2[N+](=O)[O-])[C@H]1CN1CCC(c2noc3cc(F)ccc23)CC1. The summed E-state index contributed by atoms with van der Waals surface area (Å²) in [7, 11) is 0. The Labute approximate surface area is 207 Å². The fraction of sp³-hybridized carbons (Fsp3) is 0.333. The van der Waals surface area contributed by atoms with Gasteiger partial charge in [0.2, 0.25) is 5.91 Å². The van der Waals surface area contributed by atoms with E-state index in [-0.39, 0.29) is 29.2 Å². The summed E-state index contributed by atoms with van der Waals surface area (Å²) in [5.74, 6) is 0.258. The lowest BCUT2D eigenvalue weighted by atomic mass is 9.91. The van der Waals surface area contributed by atoms with Crippen LogP contribution in [0.4, 0.5) is 10.1 Å². The van der Waals surface area contributed by atoms with Gasteiger partial charge in [0, 0.05) is 54.4 Å². The molecular formula is C27H27FN4O4. The molecule has 5 rings (SSSR count). The molecule has 8 nitrogen and oxygen atoms in total. The van der Waals surface area contributed by atoms with Gasteiger partial charge in [-0.1, -0.05) is 29.4 Å². The first-order chi connectivity index (χ1) is 17.4.